The number of piperidine rings is 1. The topological polar surface area (TPSA) is 32.3 Å². The van der Waals surface area contributed by atoms with Crippen LogP contribution in [-0.4, -0.2) is 47.8 Å². The minimum Gasteiger partial charge on any atom is -0.354 e. The van der Waals surface area contributed by atoms with E-state index in [1.807, 2.05) is 18.2 Å². The summed E-state index contributed by atoms with van der Waals surface area (Å²) in [7, 11) is 0. The van der Waals surface area contributed by atoms with Gasteiger partial charge in [-0.3, -0.25) is 0 Å². The van der Waals surface area contributed by atoms with Crippen molar-refractivity contribution in [3.8, 4) is 11.3 Å². The molecule has 4 heteroatoms. The molecule has 4 nitrogen and oxygen atoms in total. The van der Waals surface area contributed by atoms with Crippen molar-refractivity contribution >= 4 is 5.82 Å². The van der Waals surface area contributed by atoms with Crippen LogP contribution in [-0.2, 0) is 0 Å². The fourth-order valence-corrected chi connectivity index (χ4v) is 3.63. The second-order valence-corrected chi connectivity index (χ2v) is 6.40. The Labute approximate surface area is 139 Å². The Morgan fingerprint density at radius 3 is 2.52 bits per heavy atom. The van der Waals surface area contributed by atoms with Crippen molar-refractivity contribution in [2.75, 3.05) is 37.6 Å². The first kappa shape index (κ1) is 15.9. The summed E-state index contributed by atoms with van der Waals surface area (Å²) < 4.78 is 0. The molecule has 1 aromatic heterocycles. The Kier molecular flexibility index (Phi) is 4.91. The van der Waals surface area contributed by atoms with Crippen LogP contribution in [0.25, 0.3) is 11.3 Å². The van der Waals surface area contributed by atoms with Gasteiger partial charge in [-0.1, -0.05) is 37.8 Å². The van der Waals surface area contributed by atoms with Crippen LogP contribution < -0.4 is 4.90 Å². The second-order valence-electron chi connectivity index (χ2n) is 6.40. The Bertz CT molecular complexity index is 611. The van der Waals surface area contributed by atoms with E-state index in [0.29, 0.717) is 0 Å². The highest BCUT2D eigenvalue weighted by atomic mass is 15.3. The lowest BCUT2D eigenvalue weighted by Gasteiger charge is -2.29. The number of hydrogen-bond acceptors (Lipinski definition) is 4. The molecule has 0 aliphatic carbocycles. The molecule has 2 atom stereocenters. The van der Waals surface area contributed by atoms with Crippen LogP contribution in [0.4, 0.5) is 5.82 Å². The van der Waals surface area contributed by atoms with Gasteiger partial charge in [0.05, 0.1) is 5.69 Å². The van der Waals surface area contributed by atoms with Gasteiger partial charge in [-0.2, -0.15) is 0 Å². The molecule has 0 amide bonds. The molecule has 2 fully saturated rings. The van der Waals surface area contributed by atoms with Gasteiger partial charge in [0, 0.05) is 31.7 Å². The van der Waals surface area contributed by atoms with Gasteiger partial charge in [0.2, 0.25) is 0 Å². The summed E-state index contributed by atoms with van der Waals surface area (Å²) in [5.41, 5.74) is 2.07. The van der Waals surface area contributed by atoms with Crippen LogP contribution in [0, 0.1) is 5.92 Å². The van der Waals surface area contributed by atoms with Crippen LogP contribution >= 0.6 is 0 Å². The third-order valence-corrected chi connectivity index (χ3v) is 4.81. The average Bonchev–Trinajstić information content (AvgIpc) is 2.74. The normalized spacial score (nSPS) is 23.7. The van der Waals surface area contributed by atoms with Gasteiger partial charge < -0.3 is 9.80 Å². The zero-order chi connectivity index (χ0) is 14.8. The molecular formula is C19H26N4. The lowest BCUT2D eigenvalue weighted by molar-refractivity contribution is 0.201. The van der Waals surface area contributed by atoms with Gasteiger partial charge in [0.1, 0.15) is 0 Å². The van der Waals surface area contributed by atoms with E-state index in [9.17, 15) is 0 Å². The van der Waals surface area contributed by atoms with Gasteiger partial charge in [-0.25, -0.2) is 0 Å². The van der Waals surface area contributed by atoms with Crippen molar-refractivity contribution < 1.29 is 0 Å². The summed E-state index contributed by atoms with van der Waals surface area (Å²) in [6.45, 7) is 5.86. The van der Waals surface area contributed by atoms with Crippen molar-refractivity contribution in [3.63, 3.8) is 0 Å². The molecule has 4 rings (SSSR count). The van der Waals surface area contributed by atoms with E-state index in [1.54, 1.807) is 0 Å². The molecule has 2 unspecified atom stereocenters. The van der Waals surface area contributed by atoms with E-state index < -0.39 is 0 Å². The molecule has 0 N–H and O–H groups in total. The average molecular weight is 310 g/mol. The summed E-state index contributed by atoms with van der Waals surface area (Å²) in [5.74, 6) is 1.81. The summed E-state index contributed by atoms with van der Waals surface area (Å²) in [5, 5.41) is 8.93. The maximum atomic E-state index is 4.49. The number of anilines is 1. The standard InChI is InChI=1S/C18H22N4.CH4/c1-2-6-16(7-3-1)17-8-9-18(20-19-17)22-12-11-21-10-4-5-15(13-21)14-22;/h1-3,6-9,15H,4-5,10-14H2;1H4. The second kappa shape index (κ2) is 7.09. The predicted octanol–water partition coefficient (Wildman–Crippen LogP) is 3.31. The SMILES string of the molecule is C.c1ccc(-c2ccc(N3CCN4CCCC(C4)C3)nn2)cc1. The van der Waals surface area contributed by atoms with Crippen molar-refractivity contribution in [2.45, 2.75) is 20.3 Å². The third kappa shape index (κ3) is 3.53. The molecule has 2 aromatic rings. The van der Waals surface area contributed by atoms with Gasteiger partial charge in [-0.15, -0.1) is 10.2 Å². The van der Waals surface area contributed by atoms with E-state index in [4.69, 9.17) is 0 Å². The molecule has 2 bridgehead atoms. The van der Waals surface area contributed by atoms with Crippen LogP contribution in [0.1, 0.15) is 20.3 Å². The van der Waals surface area contributed by atoms with E-state index >= 15 is 0 Å². The number of nitrogens with zero attached hydrogens (tertiary/aromatic N) is 4. The molecule has 23 heavy (non-hydrogen) atoms. The molecule has 2 aliphatic rings. The Morgan fingerprint density at radius 1 is 0.870 bits per heavy atom. The highest BCUT2D eigenvalue weighted by molar-refractivity contribution is 5.59. The Morgan fingerprint density at radius 2 is 1.74 bits per heavy atom. The van der Waals surface area contributed by atoms with Crippen molar-refractivity contribution in [1.29, 1.82) is 0 Å². The molecule has 122 valence electrons. The first-order chi connectivity index (χ1) is 10.9. The molecule has 3 heterocycles. The van der Waals surface area contributed by atoms with Crippen molar-refractivity contribution in [1.82, 2.24) is 15.1 Å². The fraction of sp³-hybridized carbons (Fsp3) is 0.474. The summed E-state index contributed by atoms with van der Waals surface area (Å²) >= 11 is 0. The van der Waals surface area contributed by atoms with Crippen LogP contribution in [0.2, 0.25) is 0 Å². The highest BCUT2D eigenvalue weighted by Crippen LogP contribution is 2.24. The summed E-state index contributed by atoms with van der Waals surface area (Å²) in [6, 6.07) is 14.5. The van der Waals surface area contributed by atoms with E-state index in [2.05, 4.69) is 44.3 Å². The van der Waals surface area contributed by atoms with Gasteiger partial charge >= 0.3 is 0 Å². The van der Waals surface area contributed by atoms with Crippen molar-refractivity contribution in [2.24, 2.45) is 5.92 Å². The summed E-state index contributed by atoms with van der Waals surface area (Å²) in [6.07, 6.45) is 2.69. The molecule has 2 aliphatic heterocycles. The van der Waals surface area contributed by atoms with Crippen LogP contribution in [0.3, 0.4) is 0 Å². The van der Waals surface area contributed by atoms with Crippen molar-refractivity contribution in [3.05, 3.63) is 42.5 Å². The third-order valence-electron chi connectivity index (χ3n) is 4.81. The van der Waals surface area contributed by atoms with E-state index in [0.717, 1.165) is 42.6 Å². The number of hydrogen-bond donors (Lipinski definition) is 0. The maximum Gasteiger partial charge on any atom is 0.151 e. The lowest BCUT2D eigenvalue weighted by atomic mass is 9.98. The smallest absolute Gasteiger partial charge is 0.151 e. The first-order valence-corrected chi connectivity index (χ1v) is 8.25. The van der Waals surface area contributed by atoms with E-state index in [1.165, 1.54) is 25.9 Å². The largest absolute Gasteiger partial charge is 0.354 e. The van der Waals surface area contributed by atoms with Gasteiger partial charge in [0.25, 0.3) is 0 Å². The Balaban J connectivity index is 0.00000156. The number of benzene rings is 1. The maximum absolute atomic E-state index is 4.49. The molecule has 1 aromatic carbocycles. The molecular weight excluding hydrogens is 284 g/mol. The van der Waals surface area contributed by atoms with Crippen LogP contribution in [0.15, 0.2) is 42.5 Å². The quantitative estimate of drug-likeness (QED) is 0.852. The molecule has 0 spiro atoms. The van der Waals surface area contributed by atoms with Gasteiger partial charge in [-0.05, 0) is 37.4 Å². The lowest BCUT2D eigenvalue weighted by Crippen LogP contribution is -2.35. The minimum absolute atomic E-state index is 0. The van der Waals surface area contributed by atoms with Crippen LogP contribution in [0.5, 0.6) is 0 Å². The molecule has 0 radical (unpaired) electrons. The van der Waals surface area contributed by atoms with Gasteiger partial charge in [0.15, 0.2) is 5.82 Å². The zero-order valence-electron chi connectivity index (χ0n) is 12.9. The minimum atomic E-state index is 0. The summed E-state index contributed by atoms with van der Waals surface area (Å²) in [4.78, 5) is 5.01. The Hall–Kier alpha value is -1.94. The first-order valence-electron chi connectivity index (χ1n) is 8.25. The molecule has 0 saturated carbocycles. The zero-order valence-corrected chi connectivity index (χ0v) is 12.9. The number of fused-ring (bicyclic) bond motifs is 2. The number of aromatic nitrogens is 2. The molecule has 2 saturated heterocycles. The fourth-order valence-electron chi connectivity index (χ4n) is 3.63. The van der Waals surface area contributed by atoms with E-state index in [-0.39, 0.29) is 7.43 Å². The highest BCUT2D eigenvalue weighted by Gasteiger charge is 2.26. The predicted molar refractivity (Wildman–Crippen MR) is 95.6 cm³/mol. The number of rotatable bonds is 2. The monoisotopic (exact) mass is 310 g/mol.